The number of amidine groups is 1. The molecule has 0 saturated carbocycles. The molecule has 3 rings (SSSR count). The van der Waals surface area contributed by atoms with Gasteiger partial charge >= 0.3 is 6.18 Å². The van der Waals surface area contributed by atoms with E-state index in [9.17, 15) is 32.0 Å². The van der Waals surface area contributed by atoms with Gasteiger partial charge in [-0.25, -0.2) is 18.8 Å². The van der Waals surface area contributed by atoms with Gasteiger partial charge in [0.25, 0.3) is 5.91 Å². The molecule has 0 heterocycles. The highest BCUT2D eigenvalue weighted by atomic mass is 19.4. The first-order valence-corrected chi connectivity index (χ1v) is 10.3. The van der Waals surface area contributed by atoms with Gasteiger partial charge < -0.3 is 16.4 Å². The summed E-state index contributed by atoms with van der Waals surface area (Å²) in [5.41, 5.74) is 5.12. The summed E-state index contributed by atoms with van der Waals surface area (Å²) >= 11 is 0. The van der Waals surface area contributed by atoms with Crippen LogP contribution in [0.1, 0.15) is 11.1 Å². The lowest BCUT2D eigenvalue weighted by Gasteiger charge is -2.07. The molecule has 0 aliphatic rings. The van der Waals surface area contributed by atoms with Crippen molar-refractivity contribution in [2.24, 2.45) is 15.7 Å². The highest BCUT2D eigenvalue weighted by Crippen LogP contribution is 2.30. The van der Waals surface area contributed by atoms with E-state index in [1.807, 2.05) is 0 Å². The summed E-state index contributed by atoms with van der Waals surface area (Å²) in [7, 11) is 0. The van der Waals surface area contributed by atoms with Gasteiger partial charge in [0.2, 0.25) is 0 Å². The van der Waals surface area contributed by atoms with Crippen LogP contribution in [0.5, 0.6) is 0 Å². The van der Waals surface area contributed by atoms with Gasteiger partial charge in [-0.1, -0.05) is 6.07 Å². The van der Waals surface area contributed by atoms with E-state index in [2.05, 4.69) is 20.6 Å². The van der Waals surface area contributed by atoms with Crippen molar-refractivity contribution < 1.29 is 26.7 Å². The van der Waals surface area contributed by atoms with Crippen LogP contribution in [0.3, 0.4) is 0 Å². The molecule has 7 nitrogen and oxygen atoms in total. The maximum Gasteiger partial charge on any atom is 0.416 e. The molecule has 0 unspecified atom stereocenters. The predicted octanol–water partition coefficient (Wildman–Crippen LogP) is 5.51. The van der Waals surface area contributed by atoms with Gasteiger partial charge in [0, 0.05) is 17.5 Å². The Labute approximate surface area is 207 Å². The van der Waals surface area contributed by atoms with Crippen molar-refractivity contribution in [1.82, 2.24) is 0 Å². The van der Waals surface area contributed by atoms with E-state index >= 15 is 0 Å². The second kappa shape index (κ2) is 11.6. The number of carbonyl (C=O) groups excluding carboxylic acids is 1. The predicted molar refractivity (Wildman–Crippen MR) is 129 cm³/mol. The average Bonchev–Trinajstić information content (AvgIpc) is 2.86. The standard InChI is InChI=1S/C25H17F5N6O/c26-20-2-1-3-21(27)22(20)33-13-16(12-31)24(37)36-19-8-4-15(5-9-19)23(32)35-14-34-18-10-6-17(7-11-18)25(28,29)30/h1-11,13-14,33H,(H,36,37)(H2,32,34,35)/b16-13+. The number of benzene rings is 3. The molecular formula is C25H17F5N6O. The Bertz CT molecular complexity index is 1390. The van der Waals surface area contributed by atoms with Crippen LogP contribution in [0.25, 0.3) is 0 Å². The normalized spacial score (nSPS) is 12.3. The summed E-state index contributed by atoms with van der Waals surface area (Å²) in [6.07, 6.45) is -2.48. The van der Waals surface area contributed by atoms with Crippen molar-refractivity contribution >= 4 is 35.1 Å². The molecule has 12 heteroatoms. The molecule has 3 aromatic rings. The number of carbonyl (C=O) groups is 1. The number of anilines is 2. The fourth-order valence-corrected chi connectivity index (χ4v) is 2.82. The number of nitrogens with zero attached hydrogens (tertiary/aromatic N) is 3. The topological polar surface area (TPSA) is 116 Å². The van der Waals surface area contributed by atoms with E-state index in [4.69, 9.17) is 5.73 Å². The van der Waals surface area contributed by atoms with E-state index in [1.54, 1.807) is 6.07 Å². The Morgan fingerprint density at radius 1 is 0.973 bits per heavy atom. The van der Waals surface area contributed by atoms with Gasteiger partial charge in [-0.2, -0.15) is 18.4 Å². The number of para-hydroxylation sites is 1. The minimum Gasteiger partial charge on any atom is -0.383 e. The average molecular weight is 512 g/mol. The van der Waals surface area contributed by atoms with Crippen LogP contribution in [0, 0.1) is 23.0 Å². The number of hydrogen-bond acceptors (Lipinski definition) is 4. The number of nitrogens with one attached hydrogen (secondary N) is 2. The van der Waals surface area contributed by atoms with Gasteiger partial charge in [0.05, 0.1) is 11.3 Å². The van der Waals surface area contributed by atoms with Gasteiger partial charge in [-0.15, -0.1) is 0 Å². The number of halogens is 5. The third-order valence-corrected chi connectivity index (χ3v) is 4.73. The molecular weight excluding hydrogens is 495 g/mol. The lowest BCUT2D eigenvalue weighted by molar-refractivity contribution is -0.137. The smallest absolute Gasteiger partial charge is 0.383 e. The van der Waals surface area contributed by atoms with Gasteiger partial charge in [0.1, 0.15) is 41.1 Å². The Kier molecular flexibility index (Phi) is 8.31. The molecule has 0 radical (unpaired) electrons. The number of aliphatic imine (C=N–C) groups is 2. The van der Waals surface area contributed by atoms with Crippen molar-refractivity contribution in [3.05, 3.63) is 101 Å². The lowest BCUT2D eigenvalue weighted by Crippen LogP contribution is -2.16. The summed E-state index contributed by atoms with van der Waals surface area (Å²) < 4.78 is 65.2. The zero-order valence-electron chi connectivity index (χ0n) is 18.7. The molecule has 3 aromatic carbocycles. The van der Waals surface area contributed by atoms with Crippen molar-refractivity contribution in [3.8, 4) is 6.07 Å². The van der Waals surface area contributed by atoms with Crippen molar-refractivity contribution in [3.63, 3.8) is 0 Å². The third kappa shape index (κ3) is 7.22. The number of nitriles is 1. The van der Waals surface area contributed by atoms with Crippen LogP contribution in [0.15, 0.2) is 88.5 Å². The van der Waals surface area contributed by atoms with E-state index in [-0.39, 0.29) is 17.2 Å². The molecule has 0 fully saturated rings. The number of rotatable bonds is 7. The molecule has 0 aliphatic heterocycles. The van der Waals surface area contributed by atoms with Gasteiger partial charge in [-0.3, -0.25) is 4.79 Å². The summed E-state index contributed by atoms with van der Waals surface area (Å²) in [5, 5.41) is 14.0. The lowest BCUT2D eigenvalue weighted by atomic mass is 10.2. The van der Waals surface area contributed by atoms with Gasteiger partial charge in [0.15, 0.2) is 0 Å². The monoisotopic (exact) mass is 512 g/mol. The molecule has 37 heavy (non-hydrogen) atoms. The summed E-state index contributed by atoms with van der Waals surface area (Å²) in [4.78, 5) is 20.2. The molecule has 1 amide bonds. The zero-order valence-corrected chi connectivity index (χ0v) is 18.7. The molecule has 0 aliphatic carbocycles. The van der Waals surface area contributed by atoms with Crippen molar-refractivity contribution in [2.45, 2.75) is 6.18 Å². The molecule has 0 aromatic heterocycles. The number of amides is 1. The number of nitrogens with two attached hydrogens (primary N) is 1. The van der Waals surface area contributed by atoms with Crippen LogP contribution in [0.4, 0.5) is 39.0 Å². The second-order valence-corrected chi connectivity index (χ2v) is 7.25. The summed E-state index contributed by atoms with van der Waals surface area (Å²) in [6, 6.07) is 15.0. The Hall–Kier alpha value is -5.05. The molecule has 0 spiro atoms. The van der Waals surface area contributed by atoms with E-state index < -0.39 is 40.5 Å². The first kappa shape index (κ1) is 26.6. The fourth-order valence-electron chi connectivity index (χ4n) is 2.82. The first-order valence-electron chi connectivity index (χ1n) is 10.3. The van der Waals surface area contributed by atoms with E-state index in [0.717, 1.165) is 36.8 Å². The highest BCUT2D eigenvalue weighted by Gasteiger charge is 2.29. The van der Waals surface area contributed by atoms with Crippen LogP contribution >= 0.6 is 0 Å². The van der Waals surface area contributed by atoms with Crippen LogP contribution in [0.2, 0.25) is 0 Å². The fraction of sp³-hybridized carbons (Fsp3) is 0.0400. The Balaban J connectivity index is 1.62. The first-order chi connectivity index (χ1) is 17.6. The minimum atomic E-state index is -4.44. The Morgan fingerprint density at radius 2 is 1.59 bits per heavy atom. The van der Waals surface area contributed by atoms with Crippen molar-refractivity contribution in [1.29, 1.82) is 5.26 Å². The highest BCUT2D eigenvalue weighted by molar-refractivity contribution is 6.07. The Morgan fingerprint density at radius 3 is 2.16 bits per heavy atom. The van der Waals surface area contributed by atoms with Crippen LogP contribution in [-0.4, -0.2) is 18.1 Å². The molecule has 0 saturated heterocycles. The minimum absolute atomic E-state index is 0.0438. The van der Waals surface area contributed by atoms with Gasteiger partial charge in [-0.05, 0) is 60.7 Å². The molecule has 0 bridgehead atoms. The largest absolute Gasteiger partial charge is 0.416 e. The zero-order chi connectivity index (χ0) is 27.0. The summed E-state index contributed by atoms with van der Waals surface area (Å²) in [5.74, 6) is -2.58. The maximum absolute atomic E-state index is 13.7. The van der Waals surface area contributed by atoms with E-state index in [0.29, 0.717) is 5.56 Å². The quantitative estimate of drug-likeness (QED) is 0.127. The maximum atomic E-state index is 13.7. The molecule has 0 atom stereocenters. The SMILES string of the molecule is N#C/C(=C\Nc1c(F)cccc1F)C(=O)Nc1ccc(C(N)=NC=Nc2ccc(C(F)(F)F)cc2)cc1. The number of alkyl halides is 3. The van der Waals surface area contributed by atoms with Crippen molar-refractivity contribution in [2.75, 3.05) is 10.6 Å². The number of hydrogen-bond donors (Lipinski definition) is 3. The van der Waals surface area contributed by atoms with Crippen LogP contribution < -0.4 is 16.4 Å². The van der Waals surface area contributed by atoms with Crippen LogP contribution in [-0.2, 0) is 11.0 Å². The molecule has 188 valence electrons. The second-order valence-electron chi connectivity index (χ2n) is 7.25. The van der Waals surface area contributed by atoms with E-state index in [1.165, 1.54) is 42.5 Å². The summed E-state index contributed by atoms with van der Waals surface area (Å²) in [6.45, 7) is 0. The third-order valence-electron chi connectivity index (χ3n) is 4.73. The molecule has 4 N–H and O–H groups in total.